The van der Waals surface area contributed by atoms with Gasteiger partial charge in [0.2, 0.25) is 0 Å². The molecule has 1 aliphatic carbocycles. The van der Waals surface area contributed by atoms with Gasteiger partial charge in [0.25, 0.3) is 0 Å². The minimum absolute atomic E-state index is 0.00690. The van der Waals surface area contributed by atoms with Gasteiger partial charge in [0.05, 0.1) is 5.57 Å². The van der Waals surface area contributed by atoms with E-state index in [1.807, 2.05) is 42.5 Å². The van der Waals surface area contributed by atoms with Crippen LogP contribution in [0, 0.1) is 0 Å². The molecule has 0 unspecified atom stereocenters. The second-order valence-electron chi connectivity index (χ2n) is 7.48. The molecule has 3 nitrogen and oxygen atoms in total. The topological polar surface area (TPSA) is 49.7 Å². The number of carbonyl (C=O) groups is 1. The molecule has 1 aliphatic rings. The number of aliphatic imine (C=N–C) groups is 1. The lowest BCUT2D eigenvalue weighted by Crippen LogP contribution is -2.22. The van der Waals surface area contributed by atoms with Crippen molar-refractivity contribution in [2.75, 3.05) is 6.54 Å². The van der Waals surface area contributed by atoms with E-state index in [2.05, 4.69) is 30.3 Å². The first-order chi connectivity index (χ1) is 14.2. The third kappa shape index (κ3) is 4.45. The van der Waals surface area contributed by atoms with Crippen molar-refractivity contribution >= 4 is 22.3 Å². The van der Waals surface area contributed by atoms with Crippen molar-refractivity contribution in [3.8, 4) is 0 Å². The Kier molecular flexibility index (Phi) is 5.85. The Morgan fingerprint density at radius 1 is 0.897 bits per heavy atom. The molecule has 0 heterocycles. The molecule has 0 spiro atoms. The first-order valence-electron chi connectivity index (χ1n) is 10.2. The van der Waals surface area contributed by atoms with Gasteiger partial charge in [-0.3, -0.25) is 9.79 Å². The number of benzene rings is 3. The summed E-state index contributed by atoms with van der Waals surface area (Å²) in [5, 5.41) is 13.2. The minimum atomic E-state index is 0.00690. The van der Waals surface area contributed by atoms with E-state index < -0.39 is 0 Å². The van der Waals surface area contributed by atoms with Crippen molar-refractivity contribution in [1.29, 1.82) is 0 Å². The van der Waals surface area contributed by atoms with Crippen LogP contribution in [0.4, 0.5) is 0 Å². The Hall–Kier alpha value is -3.20. The monoisotopic (exact) mass is 383 g/mol. The summed E-state index contributed by atoms with van der Waals surface area (Å²) in [4.78, 5) is 17.3. The number of Topliss-reactive ketones (excluding diaryl/α,β-unsaturated/α-hetero) is 1. The highest BCUT2D eigenvalue weighted by Gasteiger charge is 2.25. The van der Waals surface area contributed by atoms with E-state index in [4.69, 9.17) is 4.99 Å². The molecule has 0 atom stereocenters. The van der Waals surface area contributed by atoms with Gasteiger partial charge in [-0.15, -0.1) is 0 Å². The van der Waals surface area contributed by atoms with Crippen molar-refractivity contribution in [2.45, 2.75) is 32.1 Å². The molecule has 1 fully saturated rings. The van der Waals surface area contributed by atoms with E-state index in [1.54, 1.807) is 0 Å². The van der Waals surface area contributed by atoms with Crippen LogP contribution in [0.15, 0.2) is 89.1 Å². The summed E-state index contributed by atoms with van der Waals surface area (Å²) in [6.07, 6.45) is 3.20. The second kappa shape index (κ2) is 8.87. The molecule has 3 aromatic carbocycles. The number of allylic oxidation sites excluding steroid dienone is 2. The molecule has 0 aliphatic heterocycles. The SMILES string of the molecule is O=C1CCCC(=NCCc2ccccc2)/C1=C(\O)Cc1cccc2ccccc12. The first-order valence-corrected chi connectivity index (χ1v) is 10.2. The maximum atomic E-state index is 12.6. The average Bonchev–Trinajstić information content (AvgIpc) is 2.75. The Labute approximate surface area is 171 Å². The molecule has 4 rings (SSSR count). The Morgan fingerprint density at radius 2 is 1.66 bits per heavy atom. The smallest absolute Gasteiger partial charge is 0.168 e. The van der Waals surface area contributed by atoms with Gasteiger partial charge in [-0.25, -0.2) is 0 Å². The summed E-state index contributed by atoms with van der Waals surface area (Å²) in [5.41, 5.74) is 3.45. The van der Waals surface area contributed by atoms with E-state index >= 15 is 0 Å². The van der Waals surface area contributed by atoms with E-state index in [1.165, 1.54) is 5.56 Å². The van der Waals surface area contributed by atoms with Gasteiger partial charge in [0.1, 0.15) is 5.76 Å². The van der Waals surface area contributed by atoms with E-state index in [0.717, 1.165) is 41.3 Å². The number of carbonyl (C=O) groups excluding carboxylic acids is 1. The highest BCUT2D eigenvalue weighted by molar-refractivity contribution is 6.24. The fourth-order valence-electron chi connectivity index (χ4n) is 3.99. The van der Waals surface area contributed by atoms with Gasteiger partial charge < -0.3 is 5.11 Å². The molecule has 3 aromatic rings. The number of aliphatic hydroxyl groups is 1. The molecule has 3 heteroatoms. The predicted octanol–water partition coefficient (Wildman–Crippen LogP) is 5.63. The molecule has 146 valence electrons. The van der Waals surface area contributed by atoms with Crippen LogP contribution >= 0.6 is 0 Å². The van der Waals surface area contributed by atoms with E-state index in [0.29, 0.717) is 25.0 Å². The summed E-state index contributed by atoms with van der Waals surface area (Å²) in [7, 11) is 0. The van der Waals surface area contributed by atoms with Gasteiger partial charge in [0, 0.05) is 25.1 Å². The van der Waals surface area contributed by atoms with Crippen molar-refractivity contribution in [2.24, 2.45) is 4.99 Å². The van der Waals surface area contributed by atoms with Crippen LogP contribution in [0.2, 0.25) is 0 Å². The summed E-state index contributed by atoms with van der Waals surface area (Å²) < 4.78 is 0. The molecule has 0 saturated heterocycles. The fraction of sp³-hybridized carbons (Fsp3) is 0.231. The maximum Gasteiger partial charge on any atom is 0.168 e. The highest BCUT2D eigenvalue weighted by atomic mass is 16.3. The van der Waals surface area contributed by atoms with Crippen LogP contribution < -0.4 is 0 Å². The molecule has 0 radical (unpaired) electrons. The normalized spacial score (nSPS) is 17.7. The van der Waals surface area contributed by atoms with Crippen LogP contribution in [0.3, 0.4) is 0 Å². The van der Waals surface area contributed by atoms with Crippen LogP contribution in [0.25, 0.3) is 10.8 Å². The number of hydrogen-bond donors (Lipinski definition) is 1. The lowest BCUT2D eigenvalue weighted by Gasteiger charge is -2.18. The number of rotatable bonds is 5. The minimum Gasteiger partial charge on any atom is -0.511 e. The first kappa shape index (κ1) is 19.1. The number of nitrogens with zero attached hydrogens (tertiary/aromatic N) is 1. The lowest BCUT2D eigenvalue weighted by molar-refractivity contribution is -0.115. The van der Waals surface area contributed by atoms with Gasteiger partial charge >= 0.3 is 0 Å². The largest absolute Gasteiger partial charge is 0.511 e. The highest BCUT2D eigenvalue weighted by Crippen LogP contribution is 2.25. The number of aliphatic hydroxyl groups excluding tert-OH is 1. The fourth-order valence-corrected chi connectivity index (χ4v) is 3.99. The summed E-state index contributed by atoms with van der Waals surface area (Å²) >= 11 is 0. The van der Waals surface area contributed by atoms with Crippen LogP contribution in [-0.2, 0) is 17.6 Å². The van der Waals surface area contributed by atoms with Crippen LogP contribution in [0.5, 0.6) is 0 Å². The van der Waals surface area contributed by atoms with Crippen molar-refractivity contribution in [1.82, 2.24) is 0 Å². The Bertz CT molecular complexity index is 1070. The zero-order valence-electron chi connectivity index (χ0n) is 16.5. The van der Waals surface area contributed by atoms with Crippen LogP contribution in [-0.4, -0.2) is 23.1 Å². The molecular weight excluding hydrogens is 358 g/mol. The van der Waals surface area contributed by atoms with Gasteiger partial charge in [-0.1, -0.05) is 72.8 Å². The number of ketones is 1. The molecule has 0 aromatic heterocycles. The van der Waals surface area contributed by atoms with Gasteiger partial charge in [-0.05, 0) is 41.2 Å². The van der Waals surface area contributed by atoms with Gasteiger partial charge in [0.15, 0.2) is 5.78 Å². The molecular formula is C26H25NO2. The Morgan fingerprint density at radius 3 is 2.52 bits per heavy atom. The lowest BCUT2D eigenvalue weighted by atomic mass is 9.88. The quantitative estimate of drug-likeness (QED) is 0.458. The number of hydrogen-bond acceptors (Lipinski definition) is 3. The van der Waals surface area contributed by atoms with Gasteiger partial charge in [-0.2, -0.15) is 0 Å². The van der Waals surface area contributed by atoms with E-state index in [-0.39, 0.29) is 11.5 Å². The standard InChI is InChI=1S/C26H25NO2/c28-24-15-7-14-23(27-17-16-19-8-2-1-3-9-19)26(24)25(29)18-21-12-6-11-20-10-4-5-13-22(20)21/h1-6,8-13,29H,7,14-18H2/b26-25+,27-23?. The van der Waals surface area contributed by atoms with Crippen molar-refractivity contribution in [3.05, 3.63) is 95.3 Å². The van der Waals surface area contributed by atoms with Crippen LogP contribution in [0.1, 0.15) is 30.4 Å². The van der Waals surface area contributed by atoms with E-state index in [9.17, 15) is 9.90 Å². The zero-order valence-corrected chi connectivity index (χ0v) is 16.5. The van der Waals surface area contributed by atoms with Crippen molar-refractivity contribution in [3.63, 3.8) is 0 Å². The third-order valence-electron chi connectivity index (χ3n) is 5.46. The third-order valence-corrected chi connectivity index (χ3v) is 5.46. The summed E-state index contributed by atoms with van der Waals surface area (Å²) in [6, 6.07) is 24.4. The molecule has 0 bridgehead atoms. The molecule has 1 saturated carbocycles. The average molecular weight is 383 g/mol. The zero-order chi connectivity index (χ0) is 20.1. The summed E-state index contributed by atoms with van der Waals surface area (Å²) in [6.45, 7) is 0.623. The molecule has 29 heavy (non-hydrogen) atoms. The summed E-state index contributed by atoms with van der Waals surface area (Å²) in [5.74, 6) is 0.150. The molecule has 0 amide bonds. The maximum absolute atomic E-state index is 12.6. The Balaban J connectivity index is 1.60. The molecule has 1 N–H and O–H groups in total. The van der Waals surface area contributed by atoms with Crippen molar-refractivity contribution < 1.29 is 9.90 Å². The number of fused-ring (bicyclic) bond motifs is 1. The second-order valence-corrected chi connectivity index (χ2v) is 7.48. The predicted molar refractivity (Wildman–Crippen MR) is 119 cm³/mol.